The molecular formula is C18H31N9O6S. The SMILES string of the molecule is NC(N)=NCCCC(NC(=O)C(Cc1cnc[nH]1)NC(=O)C(N)CO)C(=O)NC(CS)C(=O)O. The number of aromatic nitrogens is 2. The number of amides is 3. The summed E-state index contributed by atoms with van der Waals surface area (Å²) in [6, 6.07) is -4.90. The number of carbonyl (C=O) groups is 4. The normalized spacial score (nSPS) is 14.2. The van der Waals surface area contributed by atoms with Gasteiger partial charge in [-0.1, -0.05) is 0 Å². The van der Waals surface area contributed by atoms with Gasteiger partial charge < -0.3 is 48.3 Å². The third kappa shape index (κ3) is 10.1. The van der Waals surface area contributed by atoms with Crippen molar-refractivity contribution in [1.82, 2.24) is 25.9 Å². The Hall–Kier alpha value is -3.37. The first kappa shape index (κ1) is 28.7. The van der Waals surface area contributed by atoms with Crippen molar-refractivity contribution < 1.29 is 29.4 Å². The van der Waals surface area contributed by atoms with E-state index in [9.17, 15) is 24.3 Å². The fourth-order valence-electron chi connectivity index (χ4n) is 2.69. The van der Waals surface area contributed by atoms with Gasteiger partial charge in [0.05, 0.1) is 12.9 Å². The number of H-pyrrole nitrogens is 1. The Morgan fingerprint density at radius 2 is 1.71 bits per heavy atom. The van der Waals surface area contributed by atoms with E-state index >= 15 is 0 Å². The van der Waals surface area contributed by atoms with Crippen LogP contribution in [0.2, 0.25) is 0 Å². The molecule has 190 valence electrons. The summed E-state index contributed by atoms with van der Waals surface area (Å²) in [7, 11) is 0. The van der Waals surface area contributed by atoms with Crippen LogP contribution in [0.25, 0.3) is 0 Å². The van der Waals surface area contributed by atoms with Crippen LogP contribution in [0.1, 0.15) is 18.5 Å². The summed E-state index contributed by atoms with van der Waals surface area (Å²) < 4.78 is 0. The van der Waals surface area contributed by atoms with E-state index in [0.717, 1.165) is 0 Å². The molecule has 12 N–H and O–H groups in total. The molecule has 0 aliphatic rings. The molecule has 1 rings (SSSR count). The number of aliphatic imine (C=N–C) groups is 1. The van der Waals surface area contributed by atoms with Crippen LogP contribution in [-0.4, -0.2) is 92.9 Å². The minimum atomic E-state index is -1.30. The number of guanidine groups is 1. The lowest BCUT2D eigenvalue weighted by Gasteiger charge is -2.24. The Labute approximate surface area is 200 Å². The van der Waals surface area contributed by atoms with Gasteiger partial charge in [0.1, 0.15) is 24.2 Å². The van der Waals surface area contributed by atoms with Gasteiger partial charge in [-0.3, -0.25) is 19.4 Å². The molecule has 4 atom stereocenters. The second-order valence-corrected chi connectivity index (χ2v) is 7.59. The summed E-state index contributed by atoms with van der Waals surface area (Å²) in [6.07, 6.45) is 3.15. The number of carboxylic acid groups (broad SMARTS) is 1. The highest BCUT2D eigenvalue weighted by molar-refractivity contribution is 7.80. The highest BCUT2D eigenvalue weighted by Gasteiger charge is 2.30. The topological polar surface area (TPSA) is 264 Å². The molecule has 0 saturated carbocycles. The number of carbonyl (C=O) groups excluding carboxylic acids is 3. The van der Waals surface area contributed by atoms with Crippen LogP contribution in [0.3, 0.4) is 0 Å². The van der Waals surface area contributed by atoms with E-state index < -0.39 is 54.5 Å². The molecule has 1 heterocycles. The monoisotopic (exact) mass is 501 g/mol. The summed E-state index contributed by atoms with van der Waals surface area (Å²) >= 11 is 3.91. The van der Waals surface area contributed by atoms with Crippen LogP contribution in [0.4, 0.5) is 0 Å². The van der Waals surface area contributed by atoms with Gasteiger partial charge in [0, 0.05) is 30.6 Å². The number of aliphatic carboxylic acids is 1. The summed E-state index contributed by atoms with van der Waals surface area (Å²) in [6.45, 7) is -0.475. The predicted molar refractivity (Wildman–Crippen MR) is 125 cm³/mol. The van der Waals surface area contributed by atoms with Gasteiger partial charge in [-0.25, -0.2) is 9.78 Å². The molecule has 1 aromatic heterocycles. The van der Waals surface area contributed by atoms with Gasteiger partial charge in [0.25, 0.3) is 0 Å². The second-order valence-electron chi connectivity index (χ2n) is 7.22. The smallest absolute Gasteiger partial charge is 0.327 e. The third-order valence-electron chi connectivity index (χ3n) is 4.52. The predicted octanol–water partition coefficient (Wildman–Crippen LogP) is -4.21. The Morgan fingerprint density at radius 1 is 1.09 bits per heavy atom. The maximum Gasteiger partial charge on any atom is 0.327 e. The number of nitrogens with zero attached hydrogens (tertiary/aromatic N) is 2. The largest absolute Gasteiger partial charge is 0.480 e. The number of aliphatic hydroxyl groups is 1. The maximum absolute atomic E-state index is 13.0. The Balaban J connectivity index is 3.03. The van der Waals surface area contributed by atoms with E-state index in [4.69, 9.17) is 22.3 Å². The van der Waals surface area contributed by atoms with Crippen LogP contribution >= 0.6 is 12.6 Å². The second kappa shape index (κ2) is 14.7. The summed E-state index contributed by atoms with van der Waals surface area (Å²) in [5.74, 6) is -3.90. The van der Waals surface area contributed by atoms with Crippen molar-refractivity contribution in [1.29, 1.82) is 0 Å². The summed E-state index contributed by atoms with van der Waals surface area (Å²) in [5.41, 5.74) is 16.6. The first-order valence-electron chi connectivity index (χ1n) is 10.2. The van der Waals surface area contributed by atoms with Gasteiger partial charge >= 0.3 is 5.97 Å². The number of thiol groups is 1. The zero-order chi connectivity index (χ0) is 25.7. The van der Waals surface area contributed by atoms with Crippen molar-refractivity contribution in [3.8, 4) is 0 Å². The number of hydrogen-bond acceptors (Lipinski definition) is 9. The molecule has 16 heteroatoms. The van der Waals surface area contributed by atoms with Crippen LogP contribution in [-0.2, 0) is 25.6 Å². The number of aromatic amines is 1. The Bertz CT molecular complexity index is 847. The Morgan fingerprint density at radius 3 is 2.24 bits per heavy atom. The van der Waals surface area contributed by atoms with E-state index in [0.29, 0.717) is 5.69 Å². The number of aliphatic hydroxyl groups excluding tert-OH is 1. The van der Waals surface area contributed by atoms with Gasteiger partial charge in [0.2, 0.25) is 17.7 Å². The van der Waals surface area contributed by atoms with E-state index in [1.54, 1.807) is 0 Å². The van der Waals surface area contributed by atoms with Crippen LogP contribution in [0.15, 0.2) is 17.5 Å². The quantitative estimate of drug-likeness (QED) is 0.0479. The first-order chi connectivity index (χ1) is 16.1. The lowest BCUT2D eigenvalue weighted by Crippen LogP contribution is -2.58. The van der Waals surface area contributed by atoms with Gasteiger partial charge in [0.15, 0.2) is 5.96 Å². The molecule has 4 unspecified atom stereocenters. The van der Waals surface area contributed by atoms with Crippen molar-refractivity contribution in [2.45, 2.75) is 43.4 Å². The van der Waals surface area contributed by atoms with Crippen LogP contribution < -0.4 is 33.2 Å². The average molecular weight is 502 g/mol. The molecule has 0 saturated heterocycles. The molecule has 15 nitrogen and oxygen atoms in total. The van der Waals surface area contributed by atoms with Crippen LogP contribution in [0, 0.1) is 0 Å². The van der Waals surface area contributed by atoms with Gasteiger partial charge in [-0.2, -0.15) is 12.6 Å². The number of nitrogens with two attached hydrogens (primary N) is 3. The van der Waals surface area contributed by atoms with Gasteiger partial charge in [-0.15, -0.1) is 0 Å². The zero-order valence-corrected chi connectivity index (χ0v) is 19.2. The molecule has 0 spiro atoms. The van der Waals surface area contributed by atoms with Crippen molar-refractivity contribution in [3.05, 3.63) is 18.2 Å². The van der Waals surface area contributed by atoms with Crippen molar-refractivity contribution in [2.75, 3.05) is 18.9 Å². The van der Waals surface area contributed by atoms with Crippen molar-refractivity contribution >= 4 is 42.3 Å². The highest BCUT2D eigenvalue weighted by Crippen LogP contribution is 2.05. The van der Waals surface area contributed by atoms with Crippen LogP contribution in [0.5, 0.6) is 0 Å². The van der Waals surface area contributed by atoms with E-state index in [1.165, 1.54) is 12.5 Å². The average Bonchev–Trinajstić information content (AvgIpc) is 3.30. The van der Waals surface area contributed by atoms with Crippen molar-refractivity contribution in [2.24, 2.45) is 22.2 Å². The molecule has 0 aliphatic carbocycles. The van der Waals surface area contributed by atoms with E-state index in [1.807, 2.05) is 0 Å². The number of nitrogens with one attached hydrogen (secondary N) is 4. The molecule has 0 bridgehead atoms. The molecule has 34 heavy (non-hydrogen) atoms. The molecule has 3 amide bonds. The number of rotatable bonds is 15. The first-order valence-corrected chi connectivity index (χ1v) is 10.9. The van der Waals surface area contributed by atoms with Gasteiger partial charge in [-0.05, 0) is 12.8 Å². The molecule has 0 fully saturated rings. The molecule has 0 radical (unpaired) electrons. The standard InChI is InChI=1S/C18H31N9O6S/c19-10(6-28)14(29)26-12(4-9-5-22-8-24-9)16(31)25-11(2-1-3-23-18(20)21)15(30)27-13(7-34)17(32)33/h5,8,10-13,28,34H,1-4,6-7,19H2,(H,22,24)(H,25,31)(H,26,29)(H,27,30)(H,32,33)(H4,20,21,23). The maximum atomic E-state index is 13.0. The lowest BCUT2D eigenvalue weighted by atomic mass is 10.1. The van der Waals surface area contributed by atoms with Crippen molar-refractivity contribution in [3.63, 3.8) is 0 Å². The molecule has 0 aliphatic heterocycles. The fourth-order valence-corrected chi connectivity index (χ4v) is 2.94. The summed E-state index contributed by atoms with van der Waals surface area (Å²) in [5, 5.41) is 25.5. The summed E-state index contributed by atoms with van der Waals surface area (Å²) in [4.78, 5) is 59.6. The minimum Gasteiger partial charge on any atom is -0.480 e. The lowest BCUT2D eigenvalue weighted by molar-refractivity contribution is -0.141. The Kier molecular flexibility index (Phi) is 12.4. The minimum absolute atomic E-state index is 0.0214. The number of imidazole rings is 1. The highest BCUT2D eigenvalue weighted by atomic mass is 32.1. The third-order valence-corrected chi connectivity index (χ3v) is 4.89. The fraction of sp³-hybridized carbons (Fsp3) is 0.556. The molecular weight excluding hydrogens is 470 g/mol. The van der Waals surface area contributed by atoms with E-state index in [-0.39, 0.29) is 37.5 Å². The molecule has 0 aromatic carbocycles. The number of hydrogen-bond donors (Lipinski definition) is 10. The zero-order valence-electron chi connectivity index (χ0n) is 18.3. The number of carboxylic acids is 1. The van der Waals surface area contributed by atoms with E-state index in [2.05, 4.69) is 43.5 Å². The molecule has 1 aromatic rings.